The average Bonchev–Trinajstić information content (AvgIpc) is 2.83. The molecular formula is C18H21F2N3O2. The minimum absolute atomic E-state index is 0.0393. The van der Waals surface area contributed by atoms with E-state index >= 15 is 0 Å². The number of hydrogen-bond donors (Lipinski definition) is 1. The molecule has 134 valence electrons. The van der Waals surface area contributed by atoms with Gasteiger partial charge in [0.05, 0.1) is 18.3 Å². The minimum Gasteiger partial charge on any atom is -0.434 e. The van der Waals surface area contributed by atoms with Crippen LogP contribution in [0, 0.1) is 13.8 Å². The summed E-state index contributed by atoms with van der Waals surface area (Å²) in [5, 5.41) is 7.56. The number of amides is 1. The standard InChI is InChI=1S/C18H21F2N3O2/c1-11-17(14-7-5-9-16(24)21-14)12(2)23(22-11)10-13-6-3-4-8-15(13)25-18(19)20/h3-4,6,8,14,18H,5,7,9-10H2,1-2H3,(H,21,24). The Kier molecular flexibility index (Phi) is 5.01. The number of aromatic nitrogens is 2. The van der Waals surface area contributed by atoms with Crippen molar-refractivity contribution in [3.63, 3.8) is 0 Å². The first kappa shape index (κ1) is 17.4. The maximum absolute atomic E-state index is 12.6. The summed E-state index contributed by atoms with van der Waals surface area (Å²) in [7, 11) is 0. The lowest BCUT2D eigenvalue weighted by atomic mass is 9.96. The lowest BCUT2D eigenvalue weighted by Gasteiger charge is -2.24. The Bertz CT molecular complexity index is 774. The zero-order chi connectivity index (χ0) is 18.0. The zero-order valence-electron chi connectivity index (χ0n) is 14.3. The summed E-state index contributed by atoms with van der Waals surface area (Å²) in [6.45, 7) is 1.30. The summed E-state index contributed by atoms with van der Waals surface area (Å²) in [4.78, 5) is 11.7. The fraction of sp³-hybridized carbons (Fsp3) is 0.444. The number of alkyl halides is 2. The van der Waals surface area contributed by atoms with Crippen LogP contribution in [0.15, 0.2) is 24.3 Å². The second-order valence-electron chi connectivity index (χ2n) is 6.24. The summed E-state index contributed by atoms with van der Waals surface area (Å²) < 4.78 is 31.5. The summed E-state index contributed by atoms with van der Waals surface area (Å²) in [6.07, 6.45) is 2.29. The van der Waals surface area contributed by atoms with Gasteiger partial charge in [-0.1, -0.05) is 18.2 Å². The molecule has 1 N–H and O–H groups in total. The Morgan fingerprint density at radius 2 is 2.12 bits per heavy atom. The van der Waals surface area contributed by atoms with Gasteiger partial charge >= 0.3 is 6.61 Å². The number of hydrogen-bond acceptors (Lipinski definition) is 3. The van der Waals surface area contributed by atoms with Gasteiger partial charge in [0.2, 0.25) is 5.91 Å². The number of benzene rings is 1. The van der Waals surface area contributed by atoms with Gasteiger partial charge < -0.3 is 10.1 Å². The number of rotatable bonds is 5. The van der Waals surface area contributed by atoms with Crippen molar-refractivity contribution < 1.29 is 18.3 Å². The van der Waals surface area contributed by atoms with Crippen LogP contribution in [0.4, 0.5) is 8.78 Å². The molecule has 1 aliphatic rings. The van der Waals surface area contributed by atoms with Crippen LogP contribution in [0.3, 0.4) is 0 Å². The van der Waals surface area contributed by atoms with E-state index in [1.807, 2.05) is 13.8 Å². The zero-order valence-corrected chi connectivity index (χ0v) is 14.3. The van der Waals surface area contributed by atoms with Crippen LogP contribution in [0.5, 0.6) is 5.75 Å². The van der Waals surface area contributed by atoms with Gasteiger partial charge in [-0.25, -0.2) is 0 Å². The molecule has 0 spiro atoms. The lowest BCUT2D eigenvalue weighted by Crippen LogP contribution is -2.33. The molecule has 3 rings (SSSR count). The molecule has 1 amide bonds. The SMILES string of the molecule is Cc1nn(Cc2ccccc2OC(F)F)c(C)c1C1CCCC(=O)N1. The normalized spacial score (nSPS) is 17.6. The van der Waals surface area contributed by atoms with Crippen LogP contribution in [0.1, 0.15) is 47.8 Å². The first-order chi connectivity index (χ1) is 12.0. The van der Waals surface area contributed by atoms with Crippen molar-refractivity contribution in [1.29, 1.82) is 0 Å². The van der Waals surface area contributed by atoms with E-state index in [-0.39, 0.29) is 17.7 Å². The van der Waals surface area contributed by atoms with E-state index in [9.17, 15) is 13.6 Å². The average molecular weight is 349 g/mol. The largest absolute Gasteiger partial charge is 0.434 e. The van der Waals surface area contributed by atoms with E-state index < -0.39 is 6.61 Å². The molecule has 1 aromatic heterocycles. The lowest BCUT2D eigenvalue weighted by molar-refractivity contribution is -0.123. The van der Waals surface area contributed by atoms with E-state index in [4.69, 9.17) is 0 Å². The van der Waals surface area contributed by atoms with E-state index in [1.165, 1.54) is 6.07 Å². The number of aryl methyl sites for hydroxylation is 1. The van der Waals surface area contributed by atoms with E-state index in [2.05, 4.69) is 15.2 Å². The van der Waals surface area contributed by atoms with Gasteiger partial charge in [0.1, 0.15) is 5.75 Å². The van der Waals surface area contributed by atoms with Crippen molar-refractivity contribution in [2.45, 2.75) is 52.3 Å². The Hall–Kier alpha value is -2.44. The molecule has 7 heteroatoms. The number of carbonyl (C=O) groups is 1. The van der Waals surface area contributed by atoms with Gasteiger partial charge in [-0.2, -0.15) is 13.9 Å². The van der Waals surface area contributed by atoms with Crippen molar-refractivity contribution in [3.8, 4) is 5.75 Å². The van der Waals surface area contributed by atoms with Crippen molar-refractivity contribution in [2.75, 3.05) is 0 Å². The maximum Gasteiger partial charge on any atom is 0.387 e. The van der Waals surface area contributed by atoms with Gasteiger partial charge in [0, 0.05) is 23.2 Å². The number of carbonyl (C=O) groups excluding carboxylic acids is 1. The molecule has 1 fully saturated rings. The molecule has 0 aliphatic carbocycles. The van der Waals surface area contributed by atoms with Crippen molar-refractivity contribution >= 4 is 5.91 Å². The number of nitrogens with one attached hydrogen (secondary N) is 1. The second kappa shape index (κ2) is 7.21. The number of ether oxygens (including phenoxy) is 1. The molecule has 5 nitrogen and oxygen atoms in total. The Morgan fingerprint density at radius 3 is 2.84 bits per heavy atom. The number of para-hydroxylation sites is 1. The number of halogens is 2. The van der Waals surface area contributed by atoms with Crippen LogP contribution in [0.2, 0.25) is 0 Å². The third-order valence-corrected chi connectivity index (χ3v) is 4.53. The van der Waals surface area contributed by atoms with E-state index in [0.717, 1.165) is 29.8 Å². The van der Waals surface area contributed by atoms with Gasteiger partial charge in [0.15, 0.2) is 0 Å². The highest BCUT2D eigenvalue weighted by Crippen LogP contribution is 2.30. The fourth-order valence-corrected chi connectivity index (χ4v) is 3.40. The predicted molar refractivity (Wildman–Crippen MR) is 88.6 cm³/mol. The molecule has 1 aromatic carbocycles. The fourth-order valence-electron chi connectivity index (χ4n) is 3.40. The minimum atomic E-state index is -2.87. The number of nitrogens with zero attached hydrogens (tertiary/aromatic N) is 2. The smallest absolute Gasteiger partial charge is 0.387 e. The Balaban J connectivity index is 1.87. The summed E-state index contributed by atoms with van der Waals surface area (Å²) in [5.74, 6) is 0.205. The van der Waals surface area contributed by atoms with E-state index in [1.54, 1.807) is 22.9 Å². The molecule has 2 heterocycles. The molecule has 0 saturated carbocycles. The first-order valence-corrected chi connectivity index (χ1v) is 8.31. The topological polar surface area (TPSA) is 56.2 Å². The van der Waals surface area contributed by atoms with Crippen LogP contribution in [-0.2, 0) is 11.3 Å². The monoisotopic (exact) mass is 349 g/mol. The van der Waals surface area contributed by atoms with Crippen LogP contribution >= 0.6 is 0 Å². The molecule has 0 bridgehead atoms. The molecule has 1 saturated heterocycles. The van der Waals surface area contributed by atoms with Crippen LogP contribution in [-0.4, -0.2) is 22.3 Å². The predicted octanol–water partition coefficient (Wildman–Crippen LogP) is 3.49. The van der Waals surface area contributed by atoms with E-state index in [0.29, 0.717) is 18.5 Å². The van der Waals surface area contributed by atoms with Gasteiger partial charge in [0.25, 0.3) is 0 Å². The highest BCUT2D eigenvalue weighted by Gasteiger charge is 2.26. The second-order valence-corrected chi connectivity index (χ2v) is 6.24. The van der Waals surface area contributed by atoms with Crippen molar-refractivity contribution in [1.82, 2.24) is 15.1 Å². The van der Waals surface area contributed by atoms with Crippen LogP contribution in [0.25, 0.3) is 0 Å². The van der Waals surface area contributed by atoms with Gasteiger partial charge in [-0.15, -0.1) is 0 Å². The maximum atomic E-state index is 12.6. The third kappa shape index (κ3) is 3.81. The van der Waals surface area contributed by atoms with Crippen molar-refractivity contribution in [2.24, 2.45) is 0 Å². The highest BCUT2D eigenvalue weighted by molar-refractivity contribution is 5.77. The summed E-state index contributed by atoms with van der Waals surface area (Å²) in [5.41, 5.74) is 3.42. The molecule has 25 heavy (non-hydrogen) atoms. The quantitative estimate of drug-likeness (QED) is 0.899. The molecular weight excluding hydrogens is 328 g/mol. The van der Waals surface area contributed by atoms with Gasteiger partial charge in [-0.05, 0) is 32.8 Å². The molecule has 1 unspecified atom stereocenters. The molecule has 0 radical (unpaired) electrons. The molecule has 2 aromatic rings. The molecule has 1 atom stereocenters. The Morgan fingerprint density at radius 1 is 1.36 bits per heavy atom. The Labute approximate surface area is 145 Å². The first-order valence-electron chi connectivity index (χ1n) is 8.31. The summed E-state index contributed by atoms with van der Waals surface area (Å²) in [6, 6.07) is 6.67. The van der Waals surface area contributed by atoms with Crippen LogP contribution < -0.4 is 10.1 Å². The molecule has 1 aliphatic heterocycles. The number of piperidine rings is 1. The third-order valence-electron chi connectivity index (χ3n) is 4.53. The van der Waals surface area contributed by atoms with Gasteiger partial charge in [-0.3, -0.25) is 9.48 Å². The summed E-state index contributed by atoms with van der Waals surface area (Å²) >= 11 is 0. The highest BCUT2D eigenvalue weighted by atomic mass is 19.3. The van der Waals surface area contributed by atoms with Crippen molar-refractivity contribution in [3.05, 3.63) is 46.8 Å².